The van der Waals surface area contributed by atoms with E-state index in [4.69, 9.17) is 0 Å². The highest BCUT2D eigenvalue weighted by molar-refractivity contribution is 8.00. The van der Waals surface area contributed by atoms with Gasteiger partial charge < -0.3 is 5.32 Å². The van der Waals surface area contributed by atoms with Crippen LogP contribution in [0.1, 0.15) is 20.3 Å². The van der Waals surface area contributed by atoms with Gasteiger partial charge in [-0.15, -0.1) is 5.10 Å². The highest BCUT2D eigenvalue weighted by Gasteiger charge is 2.20. The van der Waals surface area contributed by atoms with Crippen molar-refractivity contribution in [2.75, 3.05) is 5.32 Å². The first-order valence-corrected chi connectivity index (χ1v) is 8.38. The van der Waals surface area contributed by atoms with Crippen molar-refractivity contribution in [1.82, 2.24) is 20.1 Å². The standard InChI is InChI=1S/C15H19N5O3S/c1-3-9-20-14(23)18-19-15(20)24-10(2)12(21)17-13(22)16-11-7-5-4-6-8-11/h4-8,10H,3,9H2,1-2H3,(H,18,23)(H2,16,17,21,22)/t10-/m1/s1. The summed E-state index contributed by atoms with van der Waals surface area (Å²) in [6.07, 6.45) is 0.771. The lowest BCUT2D eigenvalue weighted by molar-refractivity contribution is -0.119. The van der Waals surface area contributed by atoms with Gasteiger partial charge in [0.1, 0.15) is 0 Å². The van der Waals surface area contributed by atoms with Gasteiger partial charge >= 0.3 is 11.7 Å². The summed E-state index contributed by atoms with van der Waals surface area (Å²) in [5.74, 6) is -0.466. The zero-order valence-electron chi connectivity index (χ0n) is 13.4. The number of carbonyl (C=O) groups is 2. The van der Waals surface area contributed by atoms with Crippen LogP contribution in [0.25, 0.3) is 0 Å². The summed E-state index contributed by atoms with van der Waals surface area (Å²) in [5.41, 5.74) is 0.279. The lowest BCUT2D eigenvalue weighted by Gasteiger charge is -2.11. The molecule has 128 valence electrons. The second kappa shape index (κ2) is 8.34. The molecule has 3 amide bonds. The minimum Gasteiger partial charge on any atom is -0.308 e. The average Bonchev–Trinajstić information content (AvgIpc) is 2.89. The number of nitrogens with one attached hydrogen (secondary N) is 3. The van der Waals surface area contributed by atoms with Crippen LogP contribution in [-0.4, -0.2) is 32.0 Å². The Bertz CT molecular complexity index is 756. The maximum absolute atomic E-state index is 12.1. The third kappa shape index (κ3) is 4.72. The van der Waals surface area contributed by atoms with Crippen molar-refractivity contribution in [1.29, 1.82) is 0 Å². The summed E-state index contributed by atoms with van der Waals surface area (Å²) < 4.78 is 1.47. The van der Waals surface area contributed by atoms with E-state index in [0.717, 1.165) is 18.2 Å². The Morgan fingerprint density at radius 2 is 2.04 bits per heavy atom. The fourth-order valence-electron chi connectivity index (χ4n) is 1.92. The lowest BCUT2D eigenvalue weighted by atomic mass is 10.3. The molecule has 0 fully saturated rings. The molecular formula is C15H19N5O3S. The van der Waals surface area contributed by atoms with E-state index in [-0.39, 0.29) is 5.69 Å². The smallest absolute Gasteiger partial charge is 0.308 e. The molecule has 0 aliphatic carbocycles. The van der Waals surface area contributed by atoms with Crippen LogP contribution in [-0.2, 0) is 11.3 Å². The molecule has 1 aromatic carbocycles. The van der Waals surface area contributed by atoms with Crippen molar-refractivity contribution in [2.45, 2.75) is 37.2 Å². The molecule has 1 atom stereocenters. The quantitative estimate of drug-likeness (QED) is 0.689. The molecule has 1 aromatic heterocycles. The molecule has 3 N–H and O–H groups in total. The summed E-state index contributed by atoms with van der Waals surface area (Å²) in [7, 11) is 0. The predicted octanol–water partition coefficient (Wildman–Crippen LogP) is 1.81. The van der Waals surface area contributed by atoms with Crippen LogP contribution in [0.3, 0.4) is 0 Å². The Morgan fingerprint density at radius 3 is 2.71 bits per heavy atom. The van der Waals surface area contributed by atoms with Gasteiger partial charge in [0.2, 0.25) is 5.91 Å². The Morgan fingerprint density at radius 1 is 1.33 bits per heavy atom. The molecule has 24 heavy (non-hydrogen) atoms. The second-order valence-corrected chi connectivity index (χ2v) is 6.34. The molecule has 0 bridgehead atoms. The van der Waals surface area contributed by atoms with Crippen LogP contribution in [0.5, 0.6) is 0 Å². The van der Waals surface area contributed by atoms with Gasteiger partial charge in [0, 0.05) is 12.2 Å². The minimum absolute atomic E-state index is 0.311. The van der Waals surface area contributed by atoms with Gasteiger partial charge in [0.05, 0.1) is 5.25 Å². The lowest BCUT2D eigenvalue weighted by Crippen LogP contribution is -2.39. The molecule has 0 saturated heterocycles. The van der Waals surface area contributed by atoms with Crippen LogP contribution in [0.15, 0.2) is 40.3 Å². The predicted molar refractivity (Wildman–Crippen MR) is 92.1 cm³/mol. The minimum atomic E-state index is -0.605. The number of hydrogen-bond donors (Lipinski definition) is 3. The molecule has 2 rings (SSSR count). The number of aromatic nitrogens is 3. The van der Waals surface area contributed by atoms with E-state index in [2.05, 4.69) is 20.8 Å². The third-order valence-electron chi connectivity index (χ3n) is 3.09. The maximum Gasteiger partial charge on any atom is 0.343 e. The van der Waals surface area contributed by atoms with Gasteiger partial charge in [-0.1, -0.05) is 36.9 Å². The van der Waals surface area contributed by atoms with Crippen LogP contribution in [0.4, 0.5) is 10.5 Å². The molecular weight excluding hydrogens is 330 g/mol. The molecule has 0 saturated carbocycles. The number of rotatable bonds is 6. The highest BCUT2D eigenvalue weighted by Crippen LogP contribution is 2.20. The monoisotopic (exact) mass is 349 g/mol. The van der Waals surface area contributed by atoms with E-state index in [1.807, 2.05) is 13.0 Å². The second-order valence-electron chi connectivity index (χ2n) is 5.03. The van der Waals surface area contributed by atoms with Crippen LogP contribution < -0.4 is 16.3 Å². The number of aromatic amines is 1. The summed E-state index contributed by atoms with van der Waals surface area (Å²) in [5, 5.41) is 11.0. The maximum atomic E-state index is 12.1. The Kier molecular flexibility index (Phi) is 6.19. The van der Waals surface area contributed by atoms with Crippen molar-refractivity contribution in [3.05, 3.63) is 40.8 Å². The number of benzene rings is 1. The number of H-pyrrole nitrogens is 1. The Balaban J connectivity index is 1.92. The molecule has 0 spiro atoms. The average molecular weight is 349 g/mol. The van der Waals surface area contributed by atoms with Gasteiger partial charge in [-0.3, -0.25) is 14.7 Å². The largest absolute Gasteiger partial charge is 0.343 e. The van der Waals surface area contributed by atoms with Gasteiger partial charge in [-0.05, 0) is 25.5 Å². The fraction of sp³-hybridized carbons (Fsp3) is 0.333. The Labute approximate surface area is 143 Å². The number of hydrogen-bond acceptors (Lipinski definition) is 5. The number of carbonyl (C=O) groups excluding carboxylic acids is 2. The van der Waals surface area contributed by atoms with Crippen molar-refractivity contribution in [3.63, 3.8) is 0 Å². The number of thioether (sulfide) groups is 1. The van der Waals surface area contributed by atoms with Gasteiger partial charge in [0.25, 0.3) is 0 Å². The van der Waals surface area contributed by atoms with Crippen LogP contribution in [0.2, 0.25) is 0 Å². The van der Waals surface area contributed by atoms with Gasteiger partial charge in [0.15, 0.2) is 5.16 Å². The summed E-state index contributed by atoms with van der Waals surface area (Å²) in [6.45, 7) is 4.10. The first-order valence-electron chi connectivity index (χ1n) is 7.50. The van der Waals surface area contributed by atoms with Crippen molar-refractivity contribution < 1.29 is 9.59 Å². The number of anilines is 1. The topological polar surface area (TPSA) is 109 Å². The number of para-hydroxylation sites is 1. The van der Waals surface area contributed by atoms with E-state index in [0.29, 0.717) is 17.4 Å². The van der Waals surface area contributed by atoms with E-state index < -0.39 is 17.2 Å². The summed E-state index contributed by atoms with van der Waals surface area (Å²) in [4.78, 5) is 35.6. The zero-order chi connectivity index (χ0) is 17.5. The third-order valence-corrected chi connectivity index (χ3v) is 4.18. The normalized spacial score (nSPS) is 11.8. The zero-order valence-corrected chi connectivity index (χ0v) is 14.2. The van der Waals surface area contributed by atoms with E-state index in [1.54, 1.807) is 31.2 Å². The number of urea groups is 1. The fourth-order valence-corrected chi connectivity index (χ4v) is 2.80. The summed E-state index contributed by atoms with van der Waals surface area (Å²) >= 11 is 1.12. The van der Waals surface area contributed by atoms with Crippen molar-refractivity contribution in [3.8, 4) is 0 Å². The summed E-state index contributed by atoms with van der Waals surface area (Å²) in [6, 6.07) is 8.21. The number of amides is 3. The SMILES string of the molecule is CCCn1c(S[C@H](C)C(=O)NC(=O)Nc2ccccc2)n[nH]c1=O. The molecule has 0 aliphatic rings. The highest BCUT2D eigenvalue weighted by atomic mass is 32.2. The van der Waals surface area contributed by atoms with E-state index >= 15 is 0 Å². The van der Waals surface area contributed by atoms with Crippen LogP contribution >= 0.6 is 11.8 Å². The van der Waals surface area contributed by atoms with E-state index in [1.165, 1.54) is 4.57 Å². The molecule has 9 heteroatoms. The molecule has 1 heterocycles. The molecule has 0 unspecified atom stereocenters. The van der Waals surface area contributed by atoms with Crippen molar-refractivity contribution >= 4 is 29.4 Å². The molecule has 8 nitrogen and oxygen atoms in total. The van der Waals surface area contributed by atoms with E-state index in [9.17, 15) is 14.4 Å². The number of imide groups is 1. The van der Waals surface area contributed by atoms with Crippen LogP contribution in [0, 0.1) is 0 Å². The van der Waals surface area contributed by atoms with Crippen molar-refractivity contribution in [2.24, 2.45) is 0 Å². The first-order chi connectivity index (χ1) is 11.5. The number of nitrogens with zero attached hydrogens (tertiary/aromatic N) is 2. The molecule has 0 radical (unpaired) electrons. The Hall–Kier alpha value is -2.55. The first kappa shape index (κ1) is 17.8. The van der Waals surface area contributed by atoms with Gasteiger partial charge in [-0.2, -0.15) is 0 Å². The van der Waals surface area contributed by atoms with Gasteiger partial charge in [-0.25, -0.2) is 14.7 Å². The molecule has 0 aliphatic heterocycles. The molecule has 2 aromatic rings.